The molecule has 31 heavy (non-hydrogen) atoms. The highest BCUT2D eigenvalue weighted by atomic mass is 16.1. The Kier molecular flexibility index (Phi) is 4.89. The second-order valence-corrected chi connectivity index (χ2v) is 8.01. The molecule has 0 amide bonds. The van der Waals surface area contributed by atoms with E-state index in [1.54, 1.807) is 34.9 Å². The van der Waals surface area contributed by atoms with Crippen molar-refractivity contribution in [1.29, 1.82) is 0 Å². The van der Waals surface area contributed by atoms with Crippen LogP contribution in [-0.4, -0.2) is 37.2 Å². The molecule has 0 aliphatic carbocycles. The van der Waals surface area contributed by atoms with Crippen molar-refractivity contribution < 1.29 is 0 Å². The fraction of sp³-hybridized carbons (Fsp3) is 0.304. The Balaban J connectivity index is 1.51. The quantitative estimate of drug-likeness (QED) is 0.549. The summed E-state index contributed by atoms with van der Waals surface area (Å²) in [5, 5.41) is 4.41. The number of piperidine rings is 1. The zero-order valence-electron chi connectivity index (χ0n) is 17.7. The average Bonchev–Trinajstić information content (AvgIpc) is 3.33. The zero-order chi connectivity index (χ0) is 21.4. The van der Waals surface area contributed by atoms with Crippen molar-refractivity contribution >= 4 is 28.4 Å². The Morgan fingerprint density at radius 1 is 1.10 bits per heavy atom. The van der Waals surface area contributed by atoms with Gasteiger partial charge in [-0.25, -0.2) is 9.97 Å². The minimum absolute atomic E-state index is 0.0657. The lowest BCUT2D eigenvalue weighted by molar-refractivity contribution is 0.568. The lowest BCUT2D eigenvalue weighted by atomic mass is 10.1. The number of fused-ring (bicyclic) bond motifs is 1. The van der Waals surface area contributed by atoms with Gasteiger partial charge in [0.25, 0.3) is 5.56 Å². The van der Waals surface area contributed by atoms with Crippen LogP contribution in [0.2, 0.25) is 0 Å². The average molecular weight is 416 g/mol. The smallest absolute Gasteiger partial charge is 0.275 e. The monoisotopic (exact) mass is 415 g/mol. The van der Waals surface area contributed by atoms with Crippen LogP contribution in [0.15, 0.2) is 54.0 Å². The van der Waals surface area contributed by atoms with Crippen molar-refractivity contribution in [3.63, 3.8) is 0 Å². The summed E-state index contributed by atoms with van der Waals surface area (Å²) in [5.41, 5.74) is 3.27. The number of hydrogen-bond donors (Lipinski definition) is 1. The summed E-state index contributed by atoms with van der Waals surface area (Å²) in [6, 6.07) is 7.87. The third-order valence-corrected chi connectivity index (χ3v) is 5.85. The van der Waals surface area contributed by atoms with Gasteiger partial charge in [0.05, 0.1) is 11.8 Å². The van der Waals surface area contributed by atoms with Gasteiger partial charge in [-0.3, -0.25) is 4.79 Å². The lowest BCUT2D eigenvalue weighted by Crippen LogP contribution is -2.31. The first-order valence-electron chi connectivity index (χ1n) is 10.6. The largest absolute Gasteiger partial charge is 0.341 e. The summed E-state index contributed by atoms with van der Waals surface area (Å²) in [6.45, 7) is 4.01. The van der Waals surface area contributed by atoms with Gasteiger partial charge < -0.3 is 19.4 Å². The predicted molar refractivity (Wildman–Crippen MR) is 122 cm³/mol. The number of imidazole rings is 1. The van der Waals surface area contributed by atoms with Gasteiger partial charge in [-0.2, -0.15) is 4.98 Å². The highest BCUT2D eigenvalue weighted by Crippen LogP contribution is 2.25. The Hall–Kier alpha value is -3.68. The molecule has 0 bridgehead atoms. The van der Waals surface area contributed by atoms with E-state index in [-0.39, 0.29) is 5.56 Å². The second kappa shape index (κ2) is 7.86. The molecule has 1 aliphatic heterocycles. The first-order chi connectivity index (χ1) is 15.1. The third-order valence-electron chi connectivity index (χ3n) is 5.85. The van der Waals surface area contributed by atoms with Crippen molar-refractivity contribution in [2.75, 3.05) is 23.3 Å². The maximum atomic E-state index is 12.8. The summed E-state index contributed by atoms with van der Waals surface area (Å²) in [5.74, 6) is 1.58. The molecule has 4 heterocycles. The van der Waals surface area contributed by atoms with E-state index >= 15 is 0 Å². The highest BCUT2D eigenvalue weighted by molar-refractivity contribution is 5.85. The summed E-state index contributed by atoms with van der Waals surface area (Å²) < 4.78 is 3.40. The number of hydrogen-bond acceptors (Lipinski definition) is 6. The van der Waals surface area contributed by atoms with Crippen LogP contribution in [0, 0.1) is 6.92 Å². The van der Waals surface area contributed by atoms with E-state index in [0.717, 1.165) is 47.0 Å². The molecule has 8 nitrogen and oxygen atoms in total. The van der Waals surface area contributed by atoms with Crippen molar-refractivity contribution in [2.45, 2.75) is 26.2 Å². The molecule has 1 N–H and O–H groups in total. The van der Waals surface area contributed by atoms with Crippen LogP contribution in [0.5, 0.6) is 0 Å². The van der Waals surface area contributed by atoms with E-state index in [4.69, 9.17) is 4.98 Å². The van der Waals surface area contributed by atoms with Gasteiger partial charge in [0.15, 0.2) is 0 Å². The number of rotatable bonds is 4. The number of anilines is 3. The number of benzene rings is 1. The summed E-state index contributed by atoms with van der Waals surface area (Å²) >= 11 is 0. The molecule has 1 aliphatic rings. The van der Waals surface area contributed by atoms with Gasteiger partial charge >= 0.3 is 0 Å². The van der Waals surface area contributed by atoms with Gasteiger partial charge in [-0.1, -0.05) is 0 Å². The zero-order valence-corrected chi connectivity index (χ0v) is 17.7. The van der Waals surface area contributed by atoms with Crippen molar-refractivity contribution in [2.24, 2.45) is 7.05 Å². The van der Waals surface area contributed by atoms with Gasteiger partial charge in [0.2, 0.25) is 5.95 Å². The van der Waals surface area contributed by atoms with Gasteiger partial charge in [-0.15, -0.1) is 0 Å². The molecule has 5 rings (SSSR count). The summed E-state index contributed by atoms with van der Waals surface area (Å²) in [7, 11) is 1.79. The molecule has 1 saturated heterocycles. The molecular formula is C23H25N7O. The molecule has 3 aromatic heterocycles. The van der Waals surface area contributed by atoms with E-state index < -0.39 is 0 Å². The van der Waals surface area contributed by atoms with Crippen molar-refractivity contribution in [1.82, 2.24) is 24.1 Å². The van der Waals surface area contributed by atoms with Crippen LogP contribution in [-0.2, 0) is 7.05 Å². The maximum Gasteiger partial charge on any atom is 0.275 e. The van der Waals surface area contributed by atoms with Crippen molar-refractivity contribution in [3.05, 3.63) is 65.1 Å². The van der Waals surface area contributed by atoms with Gasteiger partial charge in [0, 0.05) is 55.4 Å². The Bertz CT molecular complexity index is 1290. The SMILES string of the molecule is Cc1cnc(N2CCCCC2)nc1Nc1ccc2c(c1)cc(-n1ccnc1)c(=O)n2C. The molecule has 0 radical (unpaired) electrons. The predicted octanol–water partition coefficient (Wildman–Crippen LogP) is 3.56. The molecule has 0 saturated carbocycles. The van der Waals surface area contributed by atoms with E-state index in [0.29, 0.717) is 5.69 Å². The minimum Gasteiger partial charge on any atom is -0.341 e. The molecule has 158 valence electrons. The normalized spacial score (nSPS) is 14.2. The second-order valence-electron chi connectivity index (χ2n) is 8.01. The van der Waals surface area contributed by atoms with Crippen LogP contribution in [0.1, 0.15) is 24.8 Å². The summed E-state index contributed by atoms with van der Waals surface area (Å²) in [4.78, 5) is 28.4. The molecule has 0 spiro atoms. The standard InChI is InChI=1S/C23H25N7O/c1-16-14-25-23(29-9-4-3-5-10-29)27-21(16)26-18-6-7-19-17(12-18)13-20(22(31)28(19)2)30-11-8-24-15-30/h6-8,11-15H,3-5,9-10H2,1-2H3,(H,25,26,27). The third kappa shape index (κ3) is 3.65. The van der Waals surface area contributed by atoms with Crippen LogP contribution >= 0.6 is 0 Å². The number of aromatic nitrogens is 5. The Morgan fingerprint density at radius 3 is 2.71 bits per heavy atom. The number of nitrogens with zero attached hydrogens (tertiary/aromatic N) is 6. The molecule has 1 aromatic carbocycles. The lowest BCUT2D eigenvalue weighted by Gasteiger charge is -2.27. The number of aryl methyl sites for hydroxylation is 2. The van der Waals surface area contributed by atoms with E-state index in [1.165, 1.54) is 19.3 Å². The molecule has 8 heteroatoms. The molecule has 0 unspecified atom stereocenters. The van der Waals surface area contributed by atoms with Crippen LogP contribution in [0.4, 0.5) is 17.5 Å². The van der Waals surface area contributed by atoms with Gasteiger partial charge in [0.1, 0.15) is 11.5 Å². The first-order valence-corrected chi connectivity index (χ1v) is 10.6. The van der Waals surface area contributed by atoms with Crippen LogP contribution in [0.3, 0.4) is 0 Å². The van der Waals surface area contributed by atoms with E-state index in [9.17, 15) is 4.79 Å². The Morgan fingerprint density at radius 2 is 1.94 bits per heavy atom. The highest BCUT2D eigenvalue weighted by Gasteiger charge is 2.15. The number of pyridine rings is 1. The molecular weight excluding hydrogens is 390 g/mol. The fourth-order valence-corrected chi connectivity index (χ4v) is 4.07. The van der Waals surface area contributed by atoms with Crippen molar-refractivity contribution in [3.8, 4) is 5.69 Å². The van der Waals surface area contributed by atoms with E-state index in [1.807, 2.05) is 37.4 Å². The fourth-order valence-electron chi connectivity index (χ4n) is 4.07. The van der Waals surface area contributed by atoms with Gasteiger partial charge in [-0.05, 0) is 50.5 Å². The first kappa shape index (κ1) is 19.3. The van der Waals surface area contributed by atoms with Crippen LogP contribution < -0.4 is 15.8 Å². The maximum absolute atomic E-state index is 12.8. The van der Waals surface area contributed by atoms with Crippen LogP contribution in [0.25, 0.3) is 16.6 Å². The number of nitrogens with one attached hydrogen (secondary N) is 1. The molecule has 1 fully saturated rings. The Labute approximate surface area is 180 Å². The molecule has 4 aromatic rings. The van der Waals surface area contributed by atoms with E-state index in [2.05, 4.69) is 20.2 Å². The minimum atomic E-state index is -0.0657. The topological polar surface area (TPSA) is 80.9 Å². The summed E-state index contributed by atoms with van der Waals surface area (Å²) in [6.07, 6.45) is 10.6. The molecule has 0 atom stereocenters.